The molecule has 0 aromatic heterocycles. The molecule has 3 rings (SSSR count). The van der Waals surface area contributed by atoms with Gasteiger partial charge in [-0.25, -0.2) is 13.2 Å². The number of benzene rings is 1. The van der Waals surface area contributed by atoms with Gasteiger partial charge >= 0.3 is 6.03 Å². The van der Waals surface area contributed by atoms with Crippen molar-refractivity contribution in [1.29, 1.82) is 0 Å². The van der Waals surface area contributed by atoms with Gasteiger partial charge in [0, 0.05) is 30.7 Å². The maximum absolute atomic E-state index is 12.7. The van der Waals surface area contributed by atoms with Gasteiger partial charge in [-0.15, -0.1) is 0 Å². The van der Waals surface area contributed by atoms with Gasteiger partial charge in [0.2, 0.25) is 10.0 Å². The number of urea groups is 1. The average molecular weight is 474 g/mol. The summed E-state index contributed by atoms with van der Waals surface area (Å²) >= 11 is 5.86. The smallest absolute Gasteiger partial charge is 0.315 e. The van der Waals surface area contributed by atoms with E-state index in [2.05, 4.69) is 10.6 Å². The summed E-state index contributed by atoms with van der Waals surface area (Å²) in [5.74, 6) is 0.301. The minimum absolute atomic E-state index is 0. The van der Waals surface area contributed by atoms with Crippen molar-refractivity contribution in [3.8, 4) is 0 Å². The highest BCUT2D eigenvalue weighted by Gasteiger charge is 2.29. The van der Waals surface area contributed by atoms with Gasteiger partial charge in [-0.05, 0) is 55.9 Å². The van der Waals surface area contributed by atoms with E-state index in [-0.39, 0.29) is 31.8 Å². The number of hydrogen-bond donors (Lipinski definition) is 2. The normalized spacial score (nSPS) is 19.3. The van der Waals surface area contributed by atoms with Crippen LogP contribution in [0.15, 0.2) is 29.2 Å². The summed E-state index contributed by atoms with van der Waals surface area (Å²) in [6.45, 7) is 1.54. The van der Waals surface area contributed by atoms with Crippen molar-refractivity contribution in [2.45, 2.75) is 83.6 Å². The fourth-order valence-corrected chi connectivity index (χ4v) is 5.78. The zero-order chi connectivity index (χ0) is 20.7. The number of piperidine rings is 1. The number of amides is 2. The topological polar surface area (TPSA) is 78.5 Å². The second-order valence-corrected chi connectivity index (χ2v) is 10.6. The highest BCUT2D eigenvalue weighted by molar-refractivity contribution is 7.89. The van der Waals surface area contributed by atoms with Crippen molar-refractivity contribution in [3.63, 3.8) is 0 Å². The van der Waals surface area contributed by atoms with Crippen LogP contribution >= 0.6 is 11.6 Å². The maximum Gasteiger partial charge on any atom is 0.315 e. The third-order valence-corrected chi connectivity index (χ3v) is 8.18. The molecule has 2 amide bonds. The van der Waals surface area contributed by atoms with Crippen LogP contribution in [0.2, 0.25) is 5.02 Å². The van der Waals surface area contributed by atoms with Gasteiger partial charge in [0.1, 0.15) is 0 Å². The molecule has 31 heavy (non-hydrogen) atoms. The van der Waals surface area contributed by atoms with E-state index in [0.717, 1.165) is 25.7 Å². The average Bonchev–Trinajstić information content (AvgIpc) is 2.69. The molecule has 1 aromatic rings. The number of carbonyl (C=O) groups excluding carboxylic acids is 1. The molecule has 0 atom stereocenters. The SMILES string of the molecule is C.C.O=C(NCC1CCN(S(=O)(=O)c2ccc(Cl)cc2)CC1)NC1CCCCCCC1. The molecule has 2 fully saturated rings. The minimum atomic E-state index is -3.48. The van der Waals surface area contributed by atoms with Crippen molar-refractivity contribution < 1.29 is 13.2 Å². The standard InChI is InChI=1S/C21H32ClN3O3S.2CH4/c22-18-8-10-20(11-9-18)29(27,28)25-14-12-17(13-15-25)16-23-21(26)24-19-6-4-2-1-3-5-7-19;;/h8-11,17,19H,1-7,12-16H2,(H2,23,24,26);2*1H4. The van der Waals surface area contributed by atoms with Crippen molar-refractivity contribution >= 4 is 27.7 Å². The van der Waals surface area contributed by atoms with E-state index in [9.17, 15) is 13.2 Å². The molecular weight excluding hydrogens is 434 g/mol. The molecule has 1 aliphatic carbocycles. The van der Waals surface area contributed by atoms with Crippen molar-refractivity contribution in [3.05, 3.63) is 29.3 Å². The first-order valence-corrected chi connectivity index (χ1v) is 12.6. The van der Waals surface area contributed by atoms with E-state index >= 15 is 0 Å². The first-order valence-electron chi connectivity index (χ1n) is 10.8. The number of nitrogens with zero attached hydrogens (tertiary/aromatic N) is 1. The summed E-state index contributed by atoms with van der Waals surface area (Å²) in [6.07, 6.45) is 9.83. The lowest BCUT2D eigenvalue weighted by Crippen LogP contribution is -2.46. The van der Waals surface area contributed by atoms with Crippen LogP contribution in [0.1, 0.15) is 72.6 Å². The molecular formula is C23H40ClN3O3S. The number of rotatable bonds is 5. The van der Waals surface area contributed by atoms with Crippen molar-refractivity contribution in [1.82, 2.24) is 14.9 Å². The number of sulfonamides is 1. The molecule has 1 aromatic carbocycles. The van der Waals surface area contributed by atoms with E-state index in [0.29, 0.717) is 30.6 Å². The summed E-state index contributed by atoms with van der Waals surface area (Å²) < 4.78 is 27.0. The molecule has 1 saturated heterocycles. The number of nitrogens with one attached hydrogen (secondary N) is 2. The Labute approximate surface area is 194 Å². The molecule has 6 nitrogen and oxygen atoms in total. The molecule has 178 valence electrons. The summed E-state index contributed by atoms with van der Waals surface area (Å²) in [7, 11) is -3.48. The molecule has 8 heteroatoms. The lowest BCUT2D eigenvalue weighted by atomic mass is 9.97. The summed E-state index contributed by atoms with van der Waals surface area (Å²) in [6, 6.07) is 6.48. The highest BCUT2D eigenvalue weighted by Crippen LogP contribution is 2.24. The lowest BCUT2D eigenvalue weighted by molar-refractivity contribution is 0.225. The second kappa shape index (κ2) is 13.3. The summed E-state index contributed by atoms with van der Waals surface area (Å²) in [5.41, 5.74) is 0. The van der Waals surface area contributed by atoms with Crippen LogP contribution in [0.25, 0.3) is 0 Å². The third kappa shape index (κ3) is 8.28. The quantitative estimate of drug-likeness (QED) is 0.598. The Morgan fingerprint density at radius 2 is 1.48 bits per heavy atom. The van der Waals surface area contributed by atoms with Gasteiger partial charge in [0.25, 0.3) is 0 Å². The Morgan fingerprint density at radius 1 is 0.935 bits per heavy atom. The first kappa shape index (κ1) is 27.7. The minimum Gasteiger partial charge on any atom is -0.338 e. The Balaban J connectivity index is 0.00000240. The summed E-state index contributed by atoms with van der Waals surface area (Å²) in [5, 5.41) is 6.63. The largest absolute Gasteiger partial charge is 0.338 e. The van der Waals surface area contributed by atoms with Gasteiger partial charge < -0.3 is 10.6 Å². The molecule has 1 saturated carbocycles. The van der Waals surface area contributed by atoms with E-state index in [1.807, 2.05) is 0 Å². The zero-order valence-corrected chi connectivity index (χ0v) is 18.5. The Kier molecular flexibility index (Phi) is 11.9. The van der Waals surface area contributed by atoms with Crippen molar-refractivity contribution in [2.75, 3.05) is 19.6 Å². The predicted octanol–water partition coefficient (Wildman–Crippen LogP) is 5.43. The molecule has 2 aliphatic rings. The Bertz CT molecular complexity index is 755. The van der Waals surface area contributed by atoms with Crippen LogP contribution in [-0.4, -0.2) is 44.4 Å². The van der Waals surface area contributed by atoms with Gasteiger partial charge in [-0.3, -0.25) is 0 Å². The maximum atomic E-state index is 12.7. The first-order chi connectivity index (χ1) is 13.9. The third-order valence-electron chi connectivity index (χ3n) is 6.02. The van der Waals surface area contributed by atoms with Crippen LogP contribution in [0.5, 0.6) is 0 Å². The highest BCUT2D eigenvalue weighted by atomic mass is 35.5. The van der Waals surface area contributed by atoms with Gasteiger partial charge in [0.15, 0.2) is 0 Å². The lowest BCUT2D eigenvalue weighted by Gasteiger charge is -2.31. The van der Waals surface area contributed by atoms with E-state index in [4.69, 9.17) is 11.6 Å². The zero-order valence-electron chi connectivity index (χ0n) is 16.9. The van der Waals surface area contributed by atoms with Gasteiger partial charge in [0.05, 0.1) is 4.90 Å². The van der Waals surface area contributed by atoms with Crippen LogP contribution in [0.4, 0.5) is 4.79 Å². The molecule has 0 bridgehead atoms. The predicted molar refractivity (Wildman–Crippen MR) is 129 cm³/mol. The van der Waals surface area contributed by atoms with Crippen molar-refractivity contribution in [2.24, 2.45) is 5.92 Å². The Morgan fingerprint density at radius 3 is 2.06 bits per heavy atom. The van der Waals surface area contributed by atoms with E-state index in [1.165, 1.54) is 36.4 Å². The molecule has 0 unspecified atom stereocenters. The number of carbonyl (C=O) groups is 1. The molecule has 0 radical (unpaired) electrons. The van der Waals surface area contributed by atoms with Gasteiger partial charge in [-0.1, -0.05) is 58.6 Å². The molecule has 0 spiro atoms. The van der Waals surface area contributed by atoms with Gasteiger partial charge in [-0.2, -0.15) is 4.31 Å². The monoisotopic (exact) mass is 473 g/mol. The fraction of sp³-hybridized carbons (Fsp3) is 0.696. The van der Waals surface area contributed by atoms with Crippen LogP contribution in [-0.2, 0) is 10.0 Å². The molecule has 2 N–H and O–H groups in total. The van der Waals surface area contributed by atoms with Crippen LogP contribution in [0, 0.1) is 5.92 Å². The number of halogens is 1. The summed E-state index contributed by atoms with van der Waals surface area (Å²) in [4.78, 5) is 12.5. The molecule has 1 aliphatic heterocycles. The van der Waals surface area contributed by atoms with Crippen LogP contribution in [0.3, 0.4) is 0 Å². The fourth-order valence-electron chi connectivity index (χ4n) is 4.18. The van der Waals surface area contributed by atoms with Crippen LogP contribution < -0.4 is 10.6 Å². The Hall–Kier alpha value is -1.31. The van der Waals surface area contributed by atoms with E-state index in [1.54, 1.807) is 24.3 Å². The molecule has 1 heterocycles. The van der Waals surface area contributed by atoms with E-state index < -0.39 is 10.0 Å². The second-order valence-electron chi connectivity index (χ2n) is 8.20. The number of hydrogen-bond acceptors (Lipinski definition) is 3.